The highest BCUT2D eigenvalue weighted by Crippen LogP contribution is 2.34. The minimum absolute atomic E-state index is 0.723. The van der Waals surface area contributed by atoms with Crippen LogP contribution in [0.5, 0.6) is 5.75 Å². The molecule has 1 aliphatic carbocycles. The van der Waals surface area contributed by atoms with Gasteiger partial charge in [0.25, 0.3) is 0 Å². The smallest absolute Gasteiger partial charge is 0.162 e. The summed E-state index contributed by atoms with van der Waals surface area (Å²) in [6.45, 7) is 8.11. The summed E-state index contributed by atoms with van der Waals surface area (Å²) in [5.74, 6) is 2.34. The van der Waals surface area contributed by atoms with Gasteiger partial charge in [-0.05, 0) is 48.4 Å². The fourth-order valence-electron chi connectivity index (χ4n) is 5.45. The molecule has 0 aliphatic heterocycles. The van der Waals surface area contributed by atoms with Crippen molar-refractivity contribution in [3.05, 3.63) is 66.5 Å². The van der Waals surface area contributed by atoms with Crippen molar-refractivity contribution in [1.29, 1.82) is 0 Å². The van der Waals surface area contributed by atoms with Gasteiger partial charge in [-0.1, -0.05) is 107 Å². The maximum absolute atomic E-state index is 6.21. The third-order valence-electron chi connectivity index (χ3n) is 7.81. The minimum atomic E-state index is -1.04. The zero-order valence-corrected chi connectivity index (χ0v) is 23.6. The monoisotopic (exact) mass is 500 g/mol. The highest BCUT2D eigenvalue weighted by atomic mass is 28.3. The Hall–Kier alpha value is -2.46. The fourth-order valence-corrected chi connectivity index (χ4v) is 8.21. The van der Waals surface area contributed by atoms with E-state index in [1.165, 1.54) is 74.6 Å². The number of hydrogen-bond donors (Lipinski definition) is 0. The van der Waals surface area contributed by atoms with Crippen LogP contribution in [0.25, 0.3) is 22.5 Å². The molecule has 2 aromatic carbocycles. The zero-order chi connectivity index (χ0) is 25.2. The molecule has 3 nitrogen and oxygen atoms in total. The number of para-hydroxylation sites is 1. The van der Waals surface area contributed by atoms with Gasteiger partial charge >= 0.3 is 0 Å². The second-order valence-electron chi connectivity index (χ2n) is 11.3. The lowest BCUT2D eigenvalue weighted by Gasteiger charge is -2.22. The quantitative estimate of drug-likeness (QED) is 0.183. The van der Waals surface area contributed by atoms with Gasteiger partial charge in [0.15, 0.2) is 5.82 Å². The van der Waals surface area contributed by atoms with Gasteiger partial charge in [0.1, 0.15) is 5.75 Å². The van der Waals surface area contributed by atoms with Crippen molar-refractivity contribution < 1.29 is 4.74 Å². The summed E-state index contributed by atoms with van der Waals surface area (Å²) in [4.78, 5) is 9.44. The Morgan fingerprint density at radius 2 is 1.50 bits per heavy atom. The van der Waals surface area contributed by atoms with E-state index in [1.54, 1.807) is 0 Å². The van der Waals surface area contributed by atoms with E-state index in [0.29, 0.717) is 0 Å². The van der Waals surface area contributed by atoms with E-state index in [0.717, 1.165) is 41.6 Å². The van der Waals surface area contributed by atoms with E-state index in [-0.39, 0.29) is 0 Å². The van der Waals surface area contributed by atoms with E-state index in [2.05, 4.69) is 50.3 Å². The van der Waals surface area contributed by atoms with Gasteiger partial charge in [-0.2, -0.15) is 0 Å². The first-order valence-corrected chi connectivity index (χ1v) is 17.6. The van der Waals surface area contributed by atoms with Crippen LogP contribution in [0.2, 0.25) is 25.2 Å². The molecule has 0 spiro atoms. The SMILES string of the molecule is CCCC[Si](C)(C)CCCCOc1ccccc1-c1ncc(-c2ccc(C3CCCCC3)cc2)cn1. The van der Waals surface area contributed by atoms with Gasteiger partial charge in [0.05, 0.1) is 12.2 Å². The number of benzene rings is 2. The van der Waals surface area contributed by atoms with E-state index >= 15 is 0 Å². The number of hydrogen-bond acceptors (Lipinski definition) is 3. The van der Waals surface area contributed by atoms with Gasteiger partial charge in [0, 0.05) is 26.0 Å². The first-order valence-electron chi connectivity index (χ1n) is 14.2. The summed E-state index contributed by atoms with van der Waals surface area (Å²) in [5.41, 5.74) is 4.68. The van der Waals surface area contributed by atoms with Crippen LogP contribution in [0, 0.1) is 0 Å². The van der Waals surface area contributed by atoms with Gasteiger partial charge in [-0.15, -0.1) is 0 Å². The molecule has 0 radical (unpaired) electrons. The summed E-state index contributed by atoms with van der Waals surface area (Å²) >= 11 is 0. The Morgan fingerprint density at radius 1 is 0.806 bits per heavy atom. The standard InChI is InChI=1S/C32H44N2OSi/c1-4-5-22-36(2,3)23-12-11-21-35-31-16-10-9-15-30(31)32-33-24-29(25-34-32)28-19-17-27(18-20-28)26-13-7-6-8-14-26/h9-10,15-20,24-26H,4-8,11-14,21-23H2,1-3H3. The largest absolute Gasteiger partial charge is 0.493 e. The van der Waals surface area contributed by atoms with Crippen LogP contribution in [0.4, 0.5) is 0 Å². The molecule has 0 amide bonds. The van der Waals surface area contributed by atoms with Crippen molar-refractivity contribution in [2.24, 2.45) is 0 Å². The Balaban J connectivity index is 1.34. The van der Waals surface area contributed by atoms with Crippen molar-refractivity contribution in [3.8, 4) is 28.3 Å². The Labute approximate surface area is 219 Å². The molecule has 1 heterocycles. The highest BCUT2D eigenvalue weighted by molar-refractivity contribution is 6.77. The van der Waals surface area contributed by atoms with Crippen LogP contribution in [0.15, 0.2) is 60.9 Å². The van der Waals surface area contributed by atoms with Crippen molar-refractivity contribution in [2.45, 2.75) is 95.8 Å². The molecule has 0 atom stereocenters. The number of ether oxygens (including phenoxy) is 1. The van der Waals surface area contributed by atoms with Gasteiger partial charge < -0.3 is 4.74 Å². The molecule has 1 saturated carbocycles. The average Bonchev–Trinajstić information content (AvgIpc) is 2.93. The zero-order valence-electron chi connectivity index (χ0n) is 22.6. The maximum Gasteiger partial charge on any atom is 0.162 e. The van der Waals surface area contributed by atoms with E-state index in [4.69, 9.17) is 14.7 Å². The first-order chi connectivity index (χ1) is 17.6. The lowest BCUT2D eigenvalue weighted by molar-refractivity contribution is 0.310. The molecule has 4 heteroatoms. The number of unbranched alkanes of at least 4 members (excludes halogenated alkanes) is 2. The fraction of sp³-hybridized carbons (Fsp3) is 0.500. The molecule has 0 N–H and O–H groups in total. The predicted octanol–water partition coefficient (Wildman–Crippen LogP) is 9.53. The topological polar surface area (TPSA) is 35.0 Å². The van der Waals surface area contributed by atoms with Crippen LogP contribution in [-0.2, 0) is 0 Å². The predicted molar refractivity (Wildman–Crippen MR) is 155 cm³/mol. The maximum atomic E-state index is 6.21. The Morgan fingerprint density at radius 3 is 2.22 bits per heavy atom. The van der Waals surface area contributed by atoms with Crippen LogP contribution in [0.3, 0.4) is 0 Å². The Kier molecular flexibility index (Phi) is 9.74. The summed E-state index contributed by atoms with van der Waals surface area (Å²) in [6.07, 6.45) is 15.7. The third-order valence-corrected chi connectivity index (χ3v) is 11.2. The van der Waals surface area contributed by atoms with Crippen LogP contribution in [0.1, 0.15) is 76.2 Å². The first kappa shape index (κ1) is 26.6. The molecule has 1 aliphatic rings. The summed E-state index contributed by atoms with van der Waals surface area (Å²) in [7, 11) is -1.04. The molecule has 36 heavy (non-hydrogen) atoms. The highest BCUT2D eigenvalue weighted by Gasteiger charge is 2.19. The molecule has 0 saturated heterocycles. The molecule has 4 rings (SSSR count). The van der Waals surface area contributed by atoms with Gasteiger partial charge in [0.2, 0.25) is 0 Å². The molecule has 3 aromatic rings. The second kappa shape index (κ2) is 13.2. The normalized spacial score (nSPS) is 14.6. The lowest BCUT2D eigenvalue weighted by Crippen LogP contribution is -2.24. The van der Waals surface area contributed by atoms with Crippen molar-refractivity contribution >= 4 is 8.07 Å². The van der Waals surface area contributed by atoms with E-state index in [9.17, 15) is 0 Å². The molecule has 0 bridgehead atoms. The number of rotatable bonds is 12. The molecule has 1 fully saturated rings. The molecule has 192 valence electrons. The van der Waals surface area contributed by atoms with Gasteiger partial charge in [-0.3, -0.25) is 0 Å². The summed E-state index contributed by atoms with van der Waals surface area (Å²) in [5, 5.41) is 0. The number of aromatic nitrogens is 2. The van der Waals surface area contributed by atoms with Crippen molar-refractivity contribution in [2.75, 3.05) is 6.61 Å². The molecular weight excluding hydrogens is 456 g/mol. The van der Waals surface area contributed by atoms with E-state index in [1.807, 2.05) is 30.6 Å². The molecule has 0 unspecified atom stereocenters. The van der Waals surface area contributed by atoms with E-state index < -0.39 is 8.07 Å². The van der Waals surface area contributed by atoms with Crippen LogP contribution < -0.4 is 4.74 Å². The number of nitrogens with zero attached hydrogens (tertiary/aromatic N) is 2. The van der Waals surface area contributed by atoms with Gasteiger partial charge in [-0.25, -0.2) is 9.97 Å². The van der Waals surface area contributed by atoms with Crippen molar-refractivity contribution in [3.63, 3.8) is 0 Å². The van der Waals surface area contributed by atoms with Crippen LogP contribution >= 0.6 is 0 Å². The average molecular weight is 501 g/mol. The van der Waals surface area contributed by atoms with Crippen molar-refractivity contribution in [1.82, 2.24) is 9.97 Å². The Bertz CT molecular complexity index is 1060. The lowest BCUT2D eigenvalue weighted by atomic mass is 9.84. The summed E-state index contributed by atoms with van der Waals surface area (Å²) in [6, 6.07) is 20.1. The molecule has 1 aromatic heterocycles. The third kappa shape index (κ3) is 7.52. The second-order valence-corrected chi connectivity index (χ2v) is 16.7. The van der Waals surface area contributed by atoms with Crippen LogP contribution in [-0.4, -0.2) is 24.6 Å². The summed E-state index contributed by atoms with van der Waals surface area (Å²) < 4.78 is 6.21. The molecular formula is C32H44N2OSi. The minimum Gasteiger partial charge on any atom is -0.493 e.